The van der Waals surface area contributed by atoms with Gasteiger partial charge in [0.1, 0.15) is 21.6 Å². The number of sulfone groups is 1. The first-order valence-corrected chi connectivity index (χ1v) is 10.9. The predicted molar refractivity (Wildman–Crippen MR) is 98.3 cm³/mol. The molecular formula is C17H26N4O4S. The topological polar surface area (TPSA) is 102 Å². The van der Waals surface area contributed by atoms with E-state index in [1.54, 1.807) is 12.1 Å². The van der Waals surface area contributed by atoms with Crippen molar-refractivity contribution in [1.82, 2.24) is 20.7 Å². The Kier molecular flexibility index (Phi) is 5.81. The van der Waals surface area contributed by atoms with E-state index in [-0.39, 0.29) is 29.5 Å². The van der Waals surface area contributed by atoms with Gasteiger partial charge in [0, 0.05) is 45.0 Å². The minimum Gasteiger partial charge on any atom is -0.508 e. The average Bonchev–Trinajstić information content (AvgIpc) is 3.10. The summed E-state index contributed by atoms with van der Waals surface area (Å²) < 4.78 is 22.5. The second-order valence-electron chi connectivity index (χ2n) is 7.02. The first-order chi connectivity index (χ1) is 12.3. The molecule has 26 heavy (non-hydrogen) atoms. The van der Waals surface area contributed by atoms with Crippen molar-refractivity contribution in [2.75, 3.05) is 44.7 Å². The monoisotopic (exact) mass is 382 g/mol. The Morgan fingerprint density at radius 3 is 2.42 bits per heavy atom. The molecule has 0 radical (unpaired) electrons. The van der Waals surface area contributed by atoms with Crippen LogP contribution in [0.15, 0.2) is 24.3 Å². The van der Waals surface area contributed by atoms with E-state index in [1.807, 2.05) is 17.0 Å². The second-order valence-corrected chi connectivity index (χ2v) is 9.28. The number of phenolic OH excluding ortho intramolecular Hbond substituents is 1. The van der Waals surface area contributed by atoms with Gasteiger partial charge in [0.2, 0.25) is 5.91 Å². The summed E-state index contributed by atoms with van der Waals surface area (Å²) in [6.07, 6.45) is 1.90. The standard InChI is InChI=1S/C17H26N4O4S/c1-26(24,25)11-10-20-6-8-21(9-7-20)17(23)16-12-15(18-19-16)13-2-4-14(22)5-3-13/h2-5,15-16,18-19,22H,6-12H2,1H3. The van der Waals surface area contributed by atoms with E-state index in [0.29, 0.717) is 39.1 Å². The number of amides is 1. The molecule has 2 saturated heterocycles. The van der Waals surface area contributed by atoms with Crippen LogP contribution in [0.5, 0.6) is 5.75 Å². The summed E-state index contributed by atoms with van der Waals surface area (Å²) in [5, 5.41) is 9.38. The van der Waals surface area contributed by atoms with Crippen molar-refractivity contribution < 1.29 is 18.3 Å². The minimum absolute atomic E-state index is 0.0283. The quantitative estimate of drug-likeness (QED) is 0.630. The van der Waals surface area contributed by atoms with Gasteiger partial charge in [-0.05, 0) is 24.1 Å². The molecule has 0 bridgehead atoms. The van der Waals surface area contributed by atoms with Crippen molar-refractivity contribution in [3.05, 3.63) is 29.8 Å². The third-order valence-electron chi connectivity index (χ3n) is 4.96. The Labute approximate surface area is 154 Å². The number of carbonyl (C=O) groups excluding carboxylic acids is 1. The van der Waals surface area contributed by atoms with Crippen LogP contribution in [0, 0.1) is 0 Å². The summed E-state index contributed by atoms with van der Waals surface area (Å²) in [6.45, 7) is 3.15. The molecule has 2 heterocycles. The Morgan fingerprint density at radius 1 is 1.15 bits per heavy atom. The van der Waals surface area contributed by atoms with Crippen molar-refractivity contribution in [1.29, 1.82) is 0 Å². The number of hydrazine groups is 1. The third kappa shape index (κ3) is 4.94. The number of benzene rings is 1. The molecule has 0 saturated carbocycles. The van der Waals surface area contributed by atoms with Crippen LogP contribution in [-0.2, 0) is 14.6 Å². The molecule has 3 rings (SSSR count). The molecule has 2 atom stereocenters. The fraction of sp³-hybridized carbons (Fsp3) is 0.588. The zero-order chi connectivity index (χ0) is 18.7. The van der Waals surface area contributed by atoms with Crippen LogP contribution in [0.1, 0.15) is 18.0 Å². The number of hydrogen-bond acceptors (Lipinski definition) is 7. The molecule has 0 spiro atoms. The molecule has 8 nitrogen and oxygen atoms in total. The van der Waals surface area contributed by atoms with Gasteiger partial charge < -0.3 is 10.0 Å². The van der Waals surface area contributed by atoms with Crippen LogP contribution in [0.3, 0.4) is 0 Å². The number of nitrogens with zero attached hydrogens (tertiary/aromatic N) is 2. The van der Waals surface area contributed by atoms with E-state index in [1.165, 1.54) is 6.26 Å². The van der Waals surface area contributed by atoms with Crippen molar-refractivity contribution in [2.24, 2.45) is 0 Å². The number of aromatic hydroxyl groups is 1. The van der Waals surface area contributed by atoms with Gasteiger partial charge in [-0.2, -0.15) is 0 Å². The van der Waals surface area contributed by atoms with E-state index in [0.717, 1.165) is 5.56 Å². The smallest absolute Gasteiger partial charge is 0.241 e. The fourth-order valence-electron chi connectivity index (χ4n) is 3.35. The molecule has 2 fully saturated rings. The lowest BCUT2D eigenvalue weighted by Crippen LogP contribution is -2.54. The molecule has 144 valence electrons. The van der Waals surface area contributed by atoms with Crippen LogP contribution in [0.2, 0.25) is 0 Å². The first kappa shape index (κ1) is 19.1. The third-order valence-corrected chi connectivity index (χ3v) is 5.88. The average molecular weight is 382 g/mol. The number of hydrogen-bond donors (Lipinski definition) is 3. The minimum atomic E-state index is -2.96. The van der Waals surface area contributed by atoms with Crippen molar-refractivity contribution in [3.63, 3.8) is 0 Å². The van der Waals surface area contributed by atoms with Gasteiger partial charge in [0.15, 0.2) is 0 Å². The lowest BCUT2D eigenvalue weighted by atomic mass is 10.0. The summed E-state index contributed by atoms with van der Waals surface area (Å²) in [5.74, 6) is 0.450. The second kappa shape index (κ2) is 7.91. The Hall–Kier alpha value is -1.68. The maximum atomic E-state index is 12.7. The van der Waals surface area contributed by atoms with E-state index < -0.39 is 9.84 Å². The molecule has 1 aromatic carbocycles. The van der Waals surface area contributed by atoms with Crippen LogP contribution < -0.4 is 10.9 Å². The van der Waals surface area contributed by atoms with E-state index in [9.17, 15) is 18.3 Å². The first-order valence-electron chi connectivity index (χ1n) is 8.81. The number of phenols is 1. The SMILES string of the molecule is CS(=O)(=O)CCN1CCN(C(=O)C2CC(c3ccc(O)cc3)NN2)CC1. The lowest BCUT2D eigenvalue weighted by Gasteiger charge is -2.35. The summed E-state index contributed by atoms with van der Waals surface area (Å²) in [6, 6.07) is 6.73. The van der Waals surface area contributed by atoms with E-state index in [2.05, 4.69) is 15.8 Å². The molecule has 9 heteroatoms. The van der Waals surface area contributed by atoms with Gasteiger partial charge in [-0.25, -0.2) is 19.3 Å². The highest BCUT2D eigenvalue weighted by Gasteiger charge is 2.34. The van der Waals surface area contributed by atoms with Gasteiger partial charge in [0.05, 0.1) is 5.75 Å². The molecule has 1 aromatic rings. The Bertz CT molecular complexity index is 730. The highest BCUT2D eigenvalue weighted by Crippen LogP contribution is 2.24. The van der Waals surface area contributed by atoms with Gasteiger partial charge in [0.25, 0.3) is 0 Å². The van der Waals surface area contributed by atoms with Crippen molar-refractivity contribution >= 4 is 15.7 Å². The van der Waals surface area contributed by atoms with Crippen molar-refractivity contribution in [3.8, 4) is 5.75 Å². The molecule has 2 aliphatic heterocycles. The lowest BCUT2D eigenvalue weighted by molar-refractivity contribution is -0.134. The normalized spacial score (nSPS) is 24.7. The maximum Gasteiger partial charge on any atom is 0.241 e. The van der Waals surface area contributed by atoms with Crippen LogP contribution in [0.25, 0.3) is 0 Å². The highest BCUT2D eigenvalue weighted by molar-refractivity contribution is 7.90. The highest BCUT2D eigenvalue weighted by atomic mass is 32.2. The molecule has 0 aliphatic carbocycles. The fourth-order valence-corrected chi connectivity index (χ4v) is 3.94. The number of nitrogens with one attached hydrogen (secondary N) is 2. The van der Waals surface area contributed by atoms with Crippen LogP contribution in [0.4, 0.5) is 0 Å². The molecular weight excluding hydrogens is 356 g/mol. The van der Waals surface area contributed by atoms with Gasteiger partial charge in [-0.3, -0.25) is 9.69 Å². The van der Waals surface area contributed by atoms with Crippen LogP contribution >= 0.6 is 0 Å². The van der Waals surface area contributed by atoms with Crippen molar-refractivity contribution in [2.45, 2.75) is 18.5 Å². The molecule has 2 aliphatic rings. The van der Waals surface area contributed by atoms with Gasteiger partial charge in [-0.1, -0.05) is 12.1 Å². The molecule has 0 aromatic heterocycles. The Morgan fingerprint density at radius 2 is 1.81 bits per heavy atom. The summed E-state index contributed by atoms with van der Waals surface area (Å²) in [5.41, 5.74) is 7.25. The van der Waals surface area contributed by atoms with Crippen LogP contribution in [-0.4, -0.2) is 80.0 Å². The largest absolute Gasteiger partial charge is 0.508 e. The van der Waals surface area contributed by atoms with E-state index in [4.69, 9.17) is 0 Å². The molecule has 3 N–H and O–H groups in total. The maximum absolute atomic E-state index is 12.7. The Balaban J connectivity index is 1.48. The summed E-state index contributed by atoms with van der Waals surface area (Å²) in [4.78, 5) is 16.7. The number of piperazine rings is 1. The number of rotatable bonds is 5. The summed E-state index contributed by atoms with van der Waals surface area (Å²) >= 11 is 0. The number of carbonyl (C=O) groups is 1. The zero-order valence-electron chi connectivity index (χ0n) is 14.9. The molecule has 1 amide bonds. The van der Waals surface area contributed by atoms with Gasteiger partial charge >= 0.3 is 0 Å². The van der Waals surface area contributed by atoms with E-state index >= 15 is 0 Å². The summed E-state index contributed by atoms with van der Waals surface area (Å²) in [7, 11) is -2.96. The molecule has 2 unspecified atom stereocenters. The predicted octanol–water partition coefficient (Wildman–Crippen LogP) is -0.511. The zero-order valence-corrected chi connectivity index (χ0v) is 15.7. The van der Waals surface area contributed by atoms with Gasteiger partial charge in [-0.15, -0.1) is 0 Å².